The van der Waals surface area contributed by atoms with Gasteiger partial charge in [0.05, 0.1) is 16.7 Å². The highest BCUT2D eigenvalue weighted by Gasteiger charge is 2.20. The Hall–Kier alpha value is -9.96. The molecule has 0 fully saturated rings. The van der Waals surface area contributed by atoms with Crippen molar-refractivity contribution in [2.75, 3.05) is 4.90 Å². The van der Waals surface area contributed by atoms with Crippen LogP contribution in [0.3, 0.4) is 0 Å². The Balaban J connectivity index is 0.855. The van der Waals surface area contributed by atoms with Crippen LogP contribution in [0.2, 0.25) is 0 Å². The fourth-order valence-electron chi connectivity index (χ4n) is 11.8. The van der Waals surface area contributed by atoms with E-state index in [1.54, 1.807) is 0 Å². The SMILES string of the molecule is c1ccc(-c2ccc(-c3ccc(N(c4ccc(-c5ccc(-c6cccc7c6oc6ccccc67)cc5)cc4)c4ccc5c6ccccc6c6ccccc6c5c4)cc3)c(-n3c4ccccc4c4ccccc43)c2)cc1. The Morgan fingerprint density at radius 2 is 0.693 bits per heavy atom. The molecule has 75 heavy (non-hydrogen) atoms. The van der Waals surface area contributed by atoms with Gasteiger partial charge in [-0.3, -0.25) is 0 Å². The Bertz CT molecular complexity index is 4590. The highest BCUT2D eigenvalue weighted by Crippen LogP contribution is 2.44. The molecule has 0 radical (unpaired) electrons. The first-order chi connectivity index (χ1) is 37.2. The number of hydrogen-bond donors (Lipinski definition) is 0. The minimum atomic E-state index is 0.908. The first-order valence-corrected chi connectivity index (χ1v) is 25.7. The van der Waals surface area contributed by atoms with Gasteiger partial charge < -0.3 is 13.9 Å². The summed E-state index contributed by atoms with van der Waals surface area (Å²) in [5.41, 5.74) is 17.8. The summed E-state index contributed by atoms with van der Waals surface area (Å²) < 4.78 is 8.87. The molecule has 0 aliphatic heterocycles. The number of para-hydroxylation sites is 4. The summed E-state index contributed by atoms with van der Waals surface area (Å²) in [5, 5.41) is 12.3. The molecule has 0 aliphatic carbocycles. The minimum Gasteiger partial charge on any atom is -0.455 e. The third kappa shape index (κ3) is 7.05. The Morgan fingerprint density at radius 1 is 0.253 bits per heavy atom. The quantitative estimate of drug-likeness (QED) is 0.142. The highest BCUT2D eigenvalue weighted by molar-refractivity contribution is 6.26. The van der Waals surface area contributed by atoms with Crippen molar-refractivity contribution in [2.45, 2.75) is 0 Å². The van der Waals surface area contributed by atoms with Gasteiger partial charge in [-0.25, -0.2) is 0 Å². The molecule has 2 heterocycles. The van der Waals surface area contributed by atoms with Crippen LogP contribution in [-0.2, 0) is 0 Å². The molecule has 0 N–H and O–H groups in total. The second-order valence-electron chi connectivity index (χ2n) is 19.6. The molecule has 0 spiro atoms. The summed E-state index contributed by atoms with van der Waals surface area (Å²) in [7, 11) is 0. The van der Waals surface area contributed by atoms with Crippen LogP contribution in [-0.4, -0.2) is 4.57 Å². The van der Waals surface area contributed by atoms with Crippen LogP contribution in [0.25, 0.3) is 126 Å². The fraction of sp³-hybridized carbons (Fsp3) is 0. The molecule has 0 aliphatic rings. The van der Waals surface area contributed by atoms with Crippen molar-refractivity contribution in [2.24, 2.45) is 0 Å². The molecular formula is C72H46N2O. The van der Waals surface area contributed by atoms with Gasteiger partial charge in [0.25, 0.3) is 0 Å². The first kappa shape index (κ1) is 42.7. The molecular weight excluding hydrogens is 909 g/mol. The van der Waals surface area contributed by atoms with Gasteiger partial charge in [0.15, 0.2) is 0 Å². The van der Waals surface area contributed by atoms with Crippen LogP contribution in [0.15, 0.2) is 283 Å². The van der Waals surface area contributed by atoms with Crippen molar-refractivity contribution in [1.29, 1.82) is 0 Å². The van der Waals surface area contributed by atoms with Gasteiger partial charge in [0.1, 0.15) is 11.2 Å². The summed E-state index contributed by atoms with van der Waals surface area (Å²) >= 11 is 0. The van der Waals surface area contributed by atoms with E-state index in [2.05, 4.69) is 276 Å². The molecule has 0 saturated heterocycles. The number of furan rings is 1. The number of fused-ring (bicyclic) bond motifs is 12. The smallest absolute Gasteiger partial charge is 0.143 e. The highest BCUT2D eigenvalue weighted by atomic mass is 16.3. The van der Waals surface area contributed by atoms with E-state index in [1.807, 2.05) is 12.1 Å². The van der Waals surface area contributed by atoms with Gasteiger partial charge in [-0.05, 0) is 126 Å². The molecule has 0 unspecified atom stereocenters. The van der Waals surface area contributed by atoms with Crippen molar-refractivity contribution < 1.29 is 4.42 Å². The summed E-state index contributed by atoms with van der Waals surface area (Å²) in [6, 6.07) is 102. The standard InChI is InChI=1S/C72H46N2O/c1-2-15-47(16-3-1)52-37-43-56(70(45-52)74-68-26-11-8-21-63(68)64-22-9-12-27-69(64)74)50-35-40-54(41-36-50)73(55-42-44-62-60-19-5-4-17-58(60)59-18-6-7-20-61(59)67(62)46-55)53-38-33-49(34-39-53)48-29-31-51(32-30-48)57-24-14-25-66-65-23-10-13-28-71(65)75-72(57)66/h1-46H. The van der Waals surface area contributed by atoms with Crippen molar-refractivity contribution in [3.05, 3.63) is 279 Å². The third-order valence-corrected chi connectivity index (χ3v) is 15.4. The largest absolute Gasteiger partial charge is 0.455 e. The lowest BCUT2D eigenvalue weighted by Crippen LogP contribution is -2.10. The van der Waals surface area contributed by atoms with Gasteiger partial charge in [-0.15, -0.1) is 0 Å². The fourth-order valence-corrected chi connectivity index (χ4v) is 11.8. The van der Waals surface area contributed by atoms with Crippen molar-refractivity contribution in [3.63, 3.8) is 0 Å². The van der Waals surface area contributed by atoms with E-state index >= 15 is 0 Å². The van der Waals surface area contributed by atoms with E-state index in [1.165, 1.54) is 65.3 Å². The maximum atomic E-state index is 6.42. The molecule has 0 saturated carbocycles. The predicted molar refractivity (Wildman–Crippen MR) is 317 cm³/mol. The zero-order chi connectivity index (χ0) is 49.4. The average molecular weight is 955 g/mol. The molecule has 0 bridgehead atoms. The molecule has 15 rings (SSSR count). The lowest BCUT2D eigenvalue weighted by atomic mass is 9.94. The Labute approximate surface area is 434 Å². The van der Waals surface area contributed by atoms with Crippen LogP contribution < -0.4 is 4.90 Å². The van der Waals surface area contributed by atoms with E-state index in [9.17, 15) is 0 Å². The number of nitrogens with zero attached hydrogens (tertiary/aromatic N) is 2. The maximum absolute atomic E-state index is 6.42. The van der Waals surface area contributed by atoms with Crippen LogP contribution >= 0.6 is 0 Å². The lowest BCUT2D eigenvalue weighted by Gasteiger charge is -2.27. The zero-order valence-corrected chi connectivity index (χ0v) is 40.9. The lowest BCUT2D eigenvalue weighted by molar-refractivity contribution is 0.670. The van der Waals surface area contributed by atoms with Crippen LogP contribution in [0.4, 0.5) is 17.1 Å². The molecule has 0 amide bonds. The van der Waals surface area contributed by atoms with Crippen LogP contribution in [0.1, 0.15) is 0 Å². The maximum Gasteiger partial charge on any atom is 0.143 e. The molecule has 3 nitrogen and oxygen atoms in total. The summed E-state index contributed by atoms with van der Waals surface area (Å²) in [6.45, 7) is 0. The summed E-state index contributed by atoms with van der Waals surface area (Å²) in [6.07, 6.45) is 0. The van der Waals surface area contributed by atoms with Gasteiger partial charge >= 0.3 is 0 Å². The number of anilines is 3. The van der Waals surface area contributed by atoms with Crippen molar-refractivity contribution >= 4 is 93.1 Å². The van der Waals surface area contributed by atoms with E-state index in [0.717, 1.165) is 78.1 Å². The average Bonchev–Trinajstić information content (AvgIpc) is 4.04. The second kappa shape index (κ2) is 17.4. The molecule has 0 atom stereocenters. The minimum absolute atomic E-state index is 0.908. The number of rotatable bonds is 8. The van der Waals surface area contributed by atoms with Gasteiger partial charge in [0, 0.05) is 49.7 Å². The van der Waals surface area contributed by atoms with E-state index < -0.39 is 0 Å². The molecule has 15 aromatic rings. The van der Waals surface area contributed by atoms with Crippen molar-refractivity contribution in [1.82, 2.24) is 4.57 Å². The summed E-state index contributed by atoms with van der Waals surface area (Å²) in [4.78, 5) is 2.40. The Kier molecular flexibility index (Phi) is 9.89. The van der Waals surface area contributed by atoms with E-state index in [0.29, 0.717) is 0 Å². The summed E-state index contributed by atoms with van der Waals surface area (Å²) in [5.74, 6) is 0. The molecule has 350 valence electrons. The monoisotopic (exact) mass is 954 g/mol. The van der Waals surface area contributed by atoms with Gasteiger partial charge in [-0.2, -0.15) is 0 Å². The normalized spacial score (nSPS) is 11.7. The second-order valence-corrected chi connectivity index (χ2v) is 19.6. The van der Waals surface area contributed by atoms with Crippen LogP contribution in [0.5, 0.6) is 0 Å². The molecule has 13 aromatic carbocycles. The molecule has 3 heteroatoms. The third-order valence-electron chi connectivity index (χ3n) is 15.4. The van der Waals surface area contributed by atoms with Crippen LogP contribution in [0, 0.1) is 0 Å². The van der Waals surface area contributed by atoms with E-state index in [-0.39, 0.29) is 0 Å². The number of aromatic nitrogens is 1. The van der Waals surface area contributed by atoms with Gasteiger partial charge in [-0.1, -0.05) is 218 Å². The molecule has 2 aromatic heterocycles. The Morgan fingerprint density at radius 3 is 1.33 bits per heavy atom. The zero-order valence-electron chi connectivity index (χ0n) is 40.9. The predicted octanol–water partition coefficient (Wildman–Crippen LogP) is 20.3. The van der Waals surface area contributed by atoms with Gasteiger partial charge in [0.2, 0.25) is 0 Å². The number of hydrogen-bond acceptors (Lipinski definition) is 2. The first-order valence-electron chi connectivity index (χ1n) is 25.7. The van der Waals surface area contributed by atoms with Crippen molar-refractivity contribution in [3.8, 4) is 50.2 Å². The topological polar surface area (TPSA) is 21.3 Å². The van der Waals surface area contributed by atoms with E-state index in [4.69, 9.17) is 4.42 Å². The number of benzene rings is 13.